The van der Waals surface area contributed by atoms with Gasteiger partial charge in [-0.2, -0.15) is 0 Å². The van der Waals surface area contributed by atoms with Gasteiger partial charge in [0.1, 0.15) is 5.75 Å². The van der Waals surface area contributed by atoms with E-state index in [2.05, 4.69) is 0 Å². The van der Waals surface area contributed by atoms with Crippen LogP contribution in [0.4, 0.5) is 0 Å². The number of aliphatic hydroxyl groups is 2. The molecule has 0 bridgehead atoms. The first kappa shape index (κ1) is 13.0. The normalized spacial score (nSPS) is 10.8. The lowest BCUT2D eigenvalue weighted by Gasteiger charge is -2.10. The van der Waals surface area contributed by atoms with Crippen LogP contribution in [0.25, 0.3) is 0 Å². The zero-order chi connectivity index (χ0) is 11.8. The van der Waals surface area contributed by atoms with E-state index in [0.29, 0.717) is 6.61 Å². The maximum absolute atomic E-state index is 8.94. The molecule has 3 heteroatoms. The summed E-state index contributed by atoms with van der Waals surface area (Å²) >= 11 is 0. The Bertz CT molecular complexity index is 278. The van der Waals surface area contributed by atoms with E-state index in [9.17, 15) is 0 Å². The zero-order valence-corrected chi connectivity index (χ0v) is 9.72. The molecule has 2 N–H and O–H groups in total. The number of aliphatic hydroxyl groups excluding tert-OH is 2. The van der Waals surface area contributed by atoms with Crippen molar-refractivity contribution < 1.29 is 14.9 Å². The van der Waals surface area contributed by atoms with E-state index >= 15 is 0 Å². The van der Waals surface area contributed by atoms with E-state index in [1.165, 1.54) is 5.56 Å². The van der Waals surface area contributed by atoms with Crippen LogP contribution in [0.2, 0.25) is 0 Å². The summed E-state index contributed by atoms with van der Waals surface area (Å²) in [6.07, 6.45) is 1.68. The van der Waals surface area contributed by atoms with E-state index < -0.39 is 0 Å². The predicted octanol–water partition coefficient (Wildman–Crippen LogP) is 1.62. The molecule has 1 aromatic rings. The van der Waals surface area contributed by atoms with Crippen LogP contribution in [0, 0.1) is 5.92 Å². The van der Waals surface area contributed by atoms with Crippen molar-refractivity contribution >= 4 is 0 Å². The largest absolute Gasteiger partial charge is 0.494 e. The molecule has 1 aromatic carbocycles. The molecule has 0 saturated heterocycles. The Kier molecular flexibility index (Phi) is 5.90. The summed E-state index contributed by atoms with van der Waals surface area (Å²) in [6.45, 7) is 2.73. The molecular weight excluding hydrogens is 204 g/mol. The van der Waals surface area contributed by atoms with Crippen LogP contribution in [-0.2, 0) is 6.42 Å². The van der Waals surface area contributed by atoms with Gasteiger partial charge in [-0.25, -0.2) is 0 Å². The van der Waals surface area contributed by atoms with Crippen molar-refractivity contribution in [2.24, 2.45) is 5.92 Å². The summed E-state index contributed by atoms with van der Waals surface area (Å²) < 4.78 is 5.35. The molecule has 0 heterocycles. The van der Waals surface area contributed by atoms with E-state index in [1.54, 1.807) is 0 Å². The highest BCUT2D eigenvalue weighted by Gasteiger charge is 2.05. The van der Waals surface area contributed by atoms with Gasteiger partial charge in [0, 0.05) is 19.1 Å². The average molecular weight is 224 g/mol. The molecule has 0 radical (unpaired) electrons. The van der Waals surface area contributed by atoms with Gasteiger partial charge in [-0.15, -0.1) is 0 Å². The van der Waals surface area contributed by atoms with Gasteiger partial charge >= 0.3 is 0 Å². The lowest BCUT2D eigenvalue weighted by atomic mass is 10.0. The van der Waals surface area contributed by atoms with Crippen LogP contribution in [0.1, 0.15) is 18.9 Å². The second-order valence-corrected chi connectivity index (χ2v) is 3.85. The lowest BCUT2D eigenvalue weighted by molar-refractivity contribution is 0.144. The molecule has 0 saturated carbocycles. The van der Waals surface area contributed by atoms with Crippen molar-refractivity contribution in [2.75, 3.05) is 19.8 Å². The van der Waals surface area contributed by atoms with Crippen LogP contribution in [0.3, 0.4) is 0 Å². The molecule has 0 amide bonds. The minimum Gasteiger partial charge on any atom is -0.494 e. The number of benzene rings is 1. The highest BCUT2D eigenvalue weighted by Crippen LogP contribution is 2.15. The van der Waals surface area contributed by atoms with Crippen molar-refractivity contribution in [1.29, 1.82) is 0 Å². The SMILES string of the molecule is CCOc1ccc(CCC(CO)CO)cc1. The smallest absolute Gasteiger partial charge is 0.119 e. The zero-order valence-electron chi connectivity index (χ0n) is 9.72. The Morgan fingerprint density at radius 1 is 1.12 bits per heavy atom. The third-order valence-electron chi connectivity index (χ3n) is 2.59. The fourth-order valence-corrected chi connectivity index (χ4v) is 1.53. The molecule has 0 aliphatic carbocycles. The Balaban J connectivity index is 2.42. The molecule has 0 aliphatic heterocycles. The Labute approximate surface area is 96.7 Å². The molecule has 0 spiro atoms. The quantitative estimate of drug-likeness (QED) is 0.740. The first-order valence-electron chi connectivity index (χ1n) is 5.73. The molecule has 0 atom stereocenters. The summed E-state index contributed by atoms with van der Waals surface area (Å²) in [5.41, 5.74) is 1.20. The van der Waals surface area contributed by atoms with Crippen LogP contribution in [0.5, 0.6) is 5.75 Å². The van der Waals surface area contributed by atoms with Gasteiger partial charge in [0.05, 0.1) is 6.61 Å². The Hall–Kier alpha value is -1.06. The molecule has 0 unspecified atom stereocenters. The molecular formula is C13H20O3. The molecule has 3 nitrogen and oxygen atoms in total. The number of rotatable bonds is 7. The van der Waals surface area contributed by atoms with Gasteiger partial charge in [0.15, 0.2) is 0 Å². The topological polar surface area (TPSA) is 49.7 Å². The van der Waals surface area contributed by atoms with E-state index in [-0.39, 0.29) is 19.1 Å². The predicted molar refractivity (Wildman–Crippen MR) is 63.6 cm³/mol. The van der Waals surface area contributed by atoms with Crippen LogP contribution in [0.15, 0.2) is 24.3 Å². The first-order chi connectivity index (χ1) is 7.80. The lowest BCUT2D eigenvalue weighted by Crippen LogP contribution is -2.11. The van der Waals surface area contributed by atoms with Crippen molar-refractivity contribution in [3.05, 3.63) is 29.8 Å². The van der Waals surface area contributed by atoms with Crippen molar-refractivity contribution in [1.82, 2.24) is 0 Å². The number of ether oxygens (including phenoxy) is 1. The standard InChI is InChI=1S/C13H20O3/c1-2-16-13-7-5-11(6-8-13)3-4-12(9-14)10-15/h5-8,12,14-15H,2-4,9-10H2,1H3. The highest BCUT2D eigenvalue weighted by molar-refractivity contribution is 5.27. The molecule has 16 heavy (non-hydrogen) atoms. The van der Waals surface area contributed by atoms with Crippen LogP contribution < -0.4 is 4.74 Å². The molecule has 0 aromatic heterocycles. The summed E-state index contributed by atoms with van der Waals surface area (Å²) in [5.74, 6) is 0.874. The minimum atomic E-state index is -0.00781. The maximum Gasteiger partial charge on any atom is 0.119 e. The van der Waals surface area contributed by atoms with Gasteiger partial charge in [-0.1, -0.05) is 12.1 Å². The fraction of sp³-hybridized carbons (Fsp3) is 0.538. The number of aryl methyl sites for hydroxylation is 1. The van der Waals surface area contributed by atoms with Gasteiger partial charge in [-0.05, 0) is 37.5 Å². The van der Waals surface area contributed by atoms with Crippen LogP contribution in [-0.4, -0.2) is 30.0 Å². The first-order valence-corrected chi connectivity index (χ1v) is 5.73. The maximum atomic E-state index is 8.94. The van der Waals surface area contributed by atoms with Crippen molar-refractivity contribution in [3.8, 4) is 5.75 Å². The summed E-state index contributed by atoms with van der Waals surface area (Å²) in [6, 6.07) is 7.95. The second kappa shape index (κ2) is 7.25. The van der Waals surface area contributed by atoms with E-state index in [1.807, 2.05) is 31.2 Å². The third-order valence-corrected chi connectivity index (χ3v) is 2.59. The van der Waals surface area contributed by atoms with Gasteiger partial charge < -0.3 is 14.9 Å². The monoisotopic (exact) mass is 224 g/mol. The Morgan fingerprint density at radius 3 is 2.25 bits per heavy atom. The van der Waals surface area contributed by atoms with Gasteiger partial charge in [0.2, 0.25) is 0 Å². The van der Waals surface area contributed by atoms with E-state index in [0.717, 1.165) is 18.6 Å². The summed E-state index contributed by atoms with van der Waals surface area (Å²) in [5, 5.41) is 17.9. The van der Waals surface area contributed by atoms with Crippen molar-refractivity contribution in [2.45, 2.75) is 19.8 Å². The average Bonchev–Trinajstić information content (AvgIpc) is 2.33. The highest BCUT2D eigenvalue weighted by atomic mass is 16.5. The number of hydrogen-bond acceptors (Lipinski definition) is 3. The fourth-order valence-electron chi connectivity index (χ4n) is 1.53. The Morgan fingerprint density at radius 2 is 1.75 bits per heavy atom. The van der Waals surface area contributed by atoms with Gasteiger partial charge in [-0.3, -0.25) is 0 Å². The third kappa shape index (κ3) is 4.21. The summed E-state index contributed by atoms with van der Waals surface area (Å²) in [4.78, 5) is 0. The second-order valence-electron chi connectivity index (χ2n) is 3.85. The summed E-state index contributed by atoms with van der Waals surface area (Å²) in [7, 11) is 0. The molecule has 0 fully saturated rings. The molecule has 1 rings (SSSR count). The minimum absolute atomic E-state index is 0.00781. The molecule has 90 valence electrons. The van der Waals surface area contributed by atoms with Crippen LogP contribution >= 0.6 is 0 Å². The van der Waals surface area contributed by atoms with Gasteiger partial charge in [0.25, 0.3) is 0 Å². The van der Waals surface area contributed by atoms with E-state index in [4.69, 9.17) is 14.9 Å². The molecule has 0 aliphatic rings. The van der Waals surface area contributed by atoms with Crippen molar-refractivity contribution in [3.63, 3.8) is 0 Å². The number of hydrogen-bond donors (Lipinski definition) is 2.